The van der Waals surface area contributed by atoms with Gasteiger partial charge in [-0.3, -0.25) is 4.40 Å². The molecule has 0 saturated carbocycles. The Morgan fingerprint density at radius 1 is 1.09 bits per heavy atom. The monoisotopic (exact) mass is 308 g/mol. The van der Waals surface area contributed by atoms with Crippen molar-refractivity contribution in [2.45, 2.75) is 26.7 Å². The lowest BCUT2D eigenvalue weighted by atomic mass is 10.1. The number of ether oxygens (including phenoxy) is 1. The zero-order valence-electron chi connectivity index (χ0n) is 13.8. The summed E-state index contributed by atoms with van der Waals surface area (Å²) in [6.45, 7) is 6.28. The van der Waals surface area contributed by atoms with Crippen LogP contribution in [0.5, 0.6) is 5.75 Å². The van der Waals surface area contributed by atoms with E-state index >= 15 is 0 Å². The van der Waals surface area contributed by atoms with E-state index in [9.17, 15) is 0 Å². The Morgan fingerprint density at radius 2 is 1.83 bits per heavy atom. The molecule has 0 radical (unpaired) electrons. The molecule has 5 nitrogen and oxygen atoms in total. The molecule has 5 heteroatoms. The first-order chi connectivity index (χ1) is 11.1. The fraction of sp³-hybridized carbons (Fsp3) is 0.278. The van der Waals surface area contributed by atoms with E-state index < -0.39 is 0 Å². The minimum atomic E-state index is 0.278. The van der Waals surface area contributed by atoms with E-state index in [4.69, 9.17) is 9.72 Å². The summed E-state index contributed by atoms with van der Waals surface area (Å²) in [6.07, 6.45) is 1.99. The highest BCUT2D eigenvalue weighted by molar-refractivity contribution is 5.54. The highest BCUT2D eigenvalue weighted by Gasteiger charge is 2.15. The number of methoxy groups -OCH3 is 1. The van der Waals surface area contributed by atoms with Crippen molar-refractivity contribution in [3.63, 3.8) is 0 Å². The van der Waals surface area contributed by atoms with Crippen LogP contribution in [0.25, 0.3) is 5.65 Å². The molecule has 0 fully saturated rings. The van der Waals surface area contributed by atoms with Gasteiger partial charge in [-0.25, -0.2) is 4.98 Å². The van der Waals surface area contributed by atoms with Gasteiger partial charge in [-0.15, -0.1) is 10.2 Å². The normalized spacial score (nSPS) is 11.7. The summed E-state index contributed by atoms with van der Waals surface area (Å²) in [4.78, 5) is 4.70. The third-order valence-corrected chi connectivity index (χ3v) is 3.66. The fourth-order valence-electron chi connectivity index (χ4n) is 2.39. The number of hydrogen-bond acceptors (Lipinski definition) is 4. The van der Waals surface area contributed by atoms with Gasteiger partial charge in [0, 0.05) is 6.20 Å². The molecule has 0 saturated heterocycles. The van der Waals surface area contributed by atoms with Gasteiger partial charge in [-0.1, -0.05) is 13.8 Å². The van der Waals surface area contributed by atoms with Crippen LogP contribution in [0.4, 0.5) is 11.5 Å². The smallest absolute Gasteiger partial charge is 0.183 e. The maximum atomic E-state index is 5.15. The van der Waals surface area contributed by atoms with Gasteiger partial charge in [0.2, 0.25) is 0 Å². The molecule has 0 spiro atoms. The van der Waals surface area contributed by atoms with Crippen molar-refractivity contribution in [1.82, 2.24) is 9.38 Å². The molecule has 118 valence electrons. The van der Waals surface area contributed by atoms with Gasteiger partial charge in [0.25, 0.3) is 0 Å². The van der Waals surface area contributed by atoms with Crippen molar-refractivity contribution in [1.29, 1.82) is 0 Å². The van der Waals surface area contributed by atoms with Gasteiger partial charge >= 0.3 is 0 Å². The molecular weight excluding hydrogens is 288 g/mol. The van der Waals surface area contributed by atoms with Crippen LogP contribution in [0.2, 0.25) is 0 Å². The van der Waals surface area contributed by atoms with Gasteiger partial charge in [-0.05, 0) is 54.8 Å². The largest absolute Gasteiger partial charge is 0.497 e. The molecule has 0 aliphatic heterocycles. The second-order valence-corrected chi connectivity index (χ2v) is 5.81. The summed E-state index contributed by atoms with van der Waals surface area (Å²) in [5.41, 5.74) is 3.81. The molecule has 3 rings (SSSR count). The minimum absolute atomic E-state index is 0.278. The molecule has 0 unspecified atom stereocenters. The maximum absolute atomic E-state index is 5.15. The Bertz CT molecular complexity index is 847. The number of imidazole rings is 1. The molecule has 0 N–H and O–H groups in total. The van der Waals surface area contributed by atoms with Crippen molar-refractivity contribution in [2.24, 2.45) is 10.2 Å². The minimum Gasteiger partial charge on any atom is -0.497 e. The standard InChI is InChI=1S/C18H20N4O/c1-12(2)17-18(22-10-9-13(3)11-16(22)19-17)21-20-14-5-7-15(23-4)8-6-14/h5-12H,1-4H3. The van der Waals surface area contributed by atoms with Gasteiger partial charge in [-0.2, -0.15) is 0 Å². The number of aryl methyl sites for hydroxylation is 1. The van der Waals surface area contributed by atoms with Crippen molar-refractivity contribution >= 4 is 17.2 Å². The van der Waals surface area contributed by atoms with Crippen LogP contribution < -0.4 is 4.74 Å². The van der Waals surface area contributed by atoms with Crippen molar-refractivity contribution in [2.75, 3.05) is 7.11 Å². The van der Waals surface area contributed by atoms with Crippen LogP contribution in [0.15, 0.2) is 52.8 Å². The first kappa shape index (κ1) is 15.2. The number of nitrogens with zero attached hydrogens (tertiary/aromatic N) is 4. The highest BCUT2D eigenvalue weighted by Crippen LogP contribution is 2.30. The SMILES string of the molecule is COc1ccc(N=Nc2c(C(C)C)nc3cc(C)ccn23)cc1. The summed E-state index contributed by atoms with van der Waals surface area (Å²) in [5.74, 6) is 1.86. The van der Waals surface area contributed by atoms with E-state index in [0.717, 1.165) is 28.6 Å². The van der Waals surface area contributed by atoms with E-state index in [-0.39, 0.29) is 5.92 Å². The number of pyridine rings is 1. The summed E-state index contributed by atoms with van der Waals surface area (Å²) in [6, 6.07) is 11.6. The molecule has 2 heterocycles. The Kier molecular flexibility index (Phi) is 4.10. The predicted octanol–water partition coefficient (Wildman–Crippen LogP) is 5.19. The number of hydrogen-bond donors (Lipinski definition) is 0. The second kappa shape index (κ2) is 6.20. The summed E-state index contributed by atoms with van der Waals surface area (Å²) in [7, 11) is 1.64. The van der Waals surface area contributed by atoms with Crippen LogP contribution >= 0.6 is 0 Å². The Hall–Kier alpha value is -2.69. The van der Waals surface area contributed by atoms with Crippen LogP contribution in [-0.2, 0) is 0 Å². The van der Waals surface area contributed by atoms with Crippen LogP contribution in [0.1, 0.15) is 31.0 Å². The van der Waals surface area contributed by atoms with Gasteiger partial charge in [0.05, 0.1) is 18.5 Å². The number of azo groups is 1. The average molecular weight is 308 g/mol. The molecule has 0 amide bonds. The molecule has 1 aromatic carbocycles. The van der Waals surface area contributed by atoms with E-state index in [0.29, 0.717) is 0 Å². The summed E-state index contributed by atoms with van der Waals surface area (Å²) >= 11 is 0. The van der Waals surface area contributed by atoms with Gasteiger partial charge in [0.1, 0.15) is 11.4 Å². The topological polar surface area (TPSA) is 51.2 Å². The lowest BCUT2D eigenvalue weighted by Crippen LogP contribution is -1.87. The third-order valence-electron chi connectivity index (χ3n) is 3.66. The lowest BCUT2D eigenvalue weighted by Gasteiger charge is -2.02. The van der Waals surface area contributed by atoms with Gasteiger partial charge in [0.15, 0.2) is 5.82 Å². The van der Waals surface area contributed by atoms with E-state index in [1.807, 2.05) is 40.9 Å². The molecule has 0 atom stereocenters. The summed E-state index contributed by atoms with van der Waals surface area (Å²) < 4.78 is 7.13. The molecule has 0 aliphatic carbocycles. The number of fused-ring (bicyclic) bond motifs is 1. The fourth-order valence-corrected chi connectivity index (χ4v) is 2.39. The number of aromatic nitrogens is 2. The van der Waals surface area contributed by atoms with E-state index in [2.05, 4.69) is 37.1 Å². The van der Waals surface area contributed by atoms with Crippen LogP contribution in [0.3, 0.4) is 0 Å². The molecular formula is C18H20N4O. The Labute approximate surface area is 135 Å². The molecule has 23 heavy (non-hydrogen) atoms. The number of benzene rings is 1. The maximum Gasteiger partial charge on any atom is 0.183 e. The highest BCUT2D eigenvalue weighted by atomic mass is 16.5. The first-order valence-electron chi connectivity index (χ1n) is 7.63. The Morgan fingerprint density at radius 3 is 2.48 bits per heavy atom. The molecule has 0 bridgehead atoms. The Balaban J connectivity index is 2.03. The van der Waals surface area contributed by atoms with Crippen molar-refractivity contribution < 1.29 is 4.74 Å². The van der Waals surface area contributed by atoms with E-state index in [1.165, 1.54) is 5.56 Å². The lowest BCUT2D eigenvalue weighted by molar-refractivity contribution is 0.415. The van der Waals surface area contributed by atoms with Crippen LogP contribution in [-0.4, -0.2) is 16.5 Å². The number of rotatable bonds is 4. The molecule has 3 aromatic rings. The first-order valence-corrected chi connectivity index (χ1v) is 7.63. The zero-order chi connectivity index (χ0) is 16.4. The van der Waals surface area contributed by atoms with Crippen molar-refractivity contribution in [3.8, 4) is 5.75 Å². The van der Waals surface area contributed by atoms with Gasteiger partial charge < -0.3 is 4.74 Å². The average Bonchev–Trinajstić information content (AvgIpc) is 2.91. The quantitative estimate of drug-likeness (QED) is 0.623. The zero-order valence-corrected chi connectivity index (χ0v) is 13.8. The van der Waals surface area contributed by atoms with Crippen molar-refractivity contribution in [3.05, 3.63) is 53.9 Å². The predicted molar refractivity (Wildman–Crippen MR) is 91.2 cm³/mol. The molecule has 0 aliphatic rings. The van der Waals surface area contributed by atoms with Crippen LogP contribution in [0, 0.1) is 6.92 Å². The van der Waals surface area contributed by atoms with E-state index in [1.54, 1.807) is 7.11 Å². The third kappa shape index (κ3) is 3.08. The second-order valence-electron chi connectivity index (χ2n) is 5.81. The molecule has 2 aromatic heterocycles. The summed E-state index contributed by atoms with van der Waals surface area (Å²) in [5, 5.41) is 8.80.